The maximum absolute atomic E-state index is 10.3. The van der Waals surface area contributed by atoms with Crippen molar-refractivity contribution >= 4 is 5.91 Å². The minimum absolute atomic E-state index is 0.0802. The zero-order chi connectivity index (χ0) is 9.40. The van der Waals surface area contributed by atoms with Gasteiger partial charge in [-0.2, -0.15) is 0 Å². The average molecular weight is 174 g/mol. The fraction of sp³-hybridized carbons (Fsp3) is 0.875. The summed E-state index contributed by atoms with van der Waals surface area (Å²) in [6.07, 6.45) is 2.04. The molecule has 0 heterocycles. The fourth-order valence-electron chi connectivity index (χ4n) is 1.13. The molecule has 71 valence electrons. The Kier molecular flexibility index (Phi) is 6.70. The normalized spacial score (nSPS) is 10.6. The maximum Gasteiger partial charge on any atom is 0.238 e. The van der Waals surface area contributed by atoms with Crippen molar-refractivity contribution in [1.29, 1.82) is 0 Å². The fourth-order valence-corrected chi connectivity index (χ4v) is 1.13. The van der Waals surface area contributed by atoms with E-state index in [9.17, 15) is 4.79 Å². The van der Waals surface area contributed by atoms with Crippen molar-refractivity contribution in [3.8, 4) is 0 Å². The van der Waals surface area contributed by atoms with Gasteiger partial charge in [0.15, 0.2) is 0 Å². The number of rotatable bonds is 7. The largest absolute Gasteiger partial charge is 0.396 e. The standard InChI is InChI=1S/C8H16NO3/c9-8(12)2-1-7(3-5-10)4-6-11/h7,9-11H,1-6H2. The van der Waals surface area contributed by atoms with Crippen LogP contribution in [0.3, 0.4) is 0 Å². The quantitative estimate of drug-likeness (QED) is 0.568. The lowest BCUT2D eigenvalue weighted by Gasteiger charge is -2.12. The van der Waals surface area contributed by atoms with Crippen molar-refractivity contribution in [2.75, 3.05) is 13.2 Å². The van der Waals surface area contributed by atoms with E-state index in [1.165, 1.54) is 0 Å². The van der Waals surface area contributed by atoms with Crippen LogP contribution in [0.25, 0.3) is 0 Å². The third-order valence-electron chi connectivity index (χ3n) is 1.85. The van der Waals surface area contributed by atoms with Crippen molar-refractivity contribution < 1.29 is 15.0 Å². The van der Waals surface area contributed by atoms with Gasteiger partial charge < -0.3 is 10.2 Å². The first-order chi connectivity index (χ1) is 5.70. The number of aliphatic hydroxyl groups excluding tert-OH is 2. The van der Waals surface area contributed by atoms with Crippen LogP contribution in [-0.4, -0.2) is 29.3 Å². The summed E-state index contributed by atoms with van der Waals surface area (Å²) in [5.74, 6) is -0.398. The number of nitrogens with one attached hydrogen (secondary N) is 1. The molecule has 0 fully saturated rings. The highest BCUT2D eigenvalue weighted by atomic mass is 16.3. The molecule has 0 unspecified atom stereocenters. The molecule has 1 radical (unpaired) electrons. The number of aliphatic hydroxyl groups is 2. The molecule has 4 heteroatoms. The van der Waals surface area contributed by atoms with Crippen molar-refractivity contribution in [2.24, 2.45) is 5.92 Å². The first-order valence-electron chi connectivity index (χ1n) is 4.16. The van der Waals surface area contributed by atoms with Crippen LogP contribution in [0.2, 0.25) is 0 Å². The van der Waals surface area contributed by atoms with Gasteiger partial charge in [0, 0.05) is 19.6 Å². The summed E-state index contributed by atoms with van der Waals surface area (Å²) >= 11 is 0. The van der Waals surface area contributed by atoms with E-state index in [1.807, 2.05) is 0 Å². The third-order valence-corrected chi connectivity index (χ3v) is 1.85. The van der Waals surface area contributed by atoms with Crippen molar-refractivity contribution in [1.82, 2.24) is 5.73 Å². The van der Waals surface area contributed by atoms with E-state index >= 15 is 0 Å². The Labute approximate surface area is 72.4 Å². The summed E-state index contributed by atoms with van der Waals surface area (Å²) in [5, 5.41) is 17.2. The van der Waals surface area contributed by atoms with Crippen LogP contribution in [0.15, 0.2) is 0 Å². The van der Waals surface area contributed by atoms with Crippen LogP contribution in [0.5, 0.6) is 0 Å². The molecule has 0 aromatic rings. The zero-order valence-corrected chi connectivity index (χ0v) is 7.12. The number of carbonyl (C=O) groups is 1. The lowest BCUT2D eigenvalue weighted by molar-refractivity contribution is -0.119. The molecule has 0 atom stereocenters. The second kappa shape index (κ2) is 7.06. The van der Waals surface area contributed by atoms with E-state index in [2.05, 4.69) is 0 Å². The molecule has 0 rings (SSSR count). The molecule has 0 aromatic carbocycles. The Hall–Kier alpha value is -0.610. The van der Waals surface area contributed by atoms with Gasteiger partial charge in [-0.05, 0) is 25.2 Å². The van der Waals surface area contributed by atoms with E-state index in [4.69, 9.17) is 15.9 Å². The average Bonchev–Trinajstić information content (AvgIpc) is 2.01. The summed E-state index contributed by atoms with van der Waals surface area (Å²) in [7, 11) is 0. The van der Waals surface area contributed by atoms with E-state index in [0.717, 1.165) is 0 Å². The topological polar surface area (TPSA) is 81.3 Å². The van der Waals surface area contributed by atoms with Gasteiger partial charge in [0.2, 0.25) is 5.91 Å². The molecular formula is C8H16NO3. The summed E-state index contributed by atoms with van der Waals surface area (Å²) in [6.45, 7) is 0.160. The van der Waals surface area contributed by atoms with Crippen molar-refractivity contribution in [3.63, 3.8) is 0 Å². The minimum Gasteiger partial charge on any atom is -0.396 e. The zero-order valence-electron chi connectivity index (χ0n) is 7.12. The highest BCUT2D eigenvalue weighted by Crippen LogP contribution is 2.14. The molecule has 0 aromatic heterocycles. The lowest BCUT2D eigenvalue weighted by Crippen LogP contribution is -2.09. The van der Waals surface area contributed by atoms with Crippen molar-refractivity contribution in [3.05, 3.63) is 0 Å². The van der Waals surface area contributed by atoms with Crippen LogP contribution in [0, 0.1) is 5.92 Å². The van der Waals surface area contributed by atoms with E-state index in [0.29, 0.717) is 19.3 Å². The number of hydrogen-bond donors (Lipinski definition) is 2. The molecule has 0 saturated heterocycles. The Morgan fingerprint density at radius 1 is 1.17 bits per heavy atom. The van der Waals surface area contributed by atoms with Gasteiger partial charge in [0.1, 0.15) is 0 Å². The smallest absolute Gasteiger partial charge is 0.238 e. The maximum atomic E-state index is 10.3. The predicted molar refractivity (Wildman–Crippen MR) is 44.2 cm³/mol. The Morgan fingerprint density at radius 2 is 1.67 bits per heavy atom. The SMILES string of the molecule is [NH]C(=O)CCC(CCO)CCO. The molecule has 0 bridgehead atoms. The summed E-state index contributed by atoms with van der Waals surface area (Å²) in [5.41, 5.74) is 6.67. The van der Waals surface area contributed by atoms with Gasteiger partial charge in [-0.15, -0.1) is 0 Å². The molecule has 0 aliphatic heterocycles. The second-order valence-corrected chi connectivity index (χ2v) is 2.85. The third kappa shape index (κ3) is 6.12. The molecule has 12 heavy (non-hydrogen) atoms. The van der Waals surface area contributed by atoms with E-state index < -0.39 is 5.91 Å². The van der Waals surface area contributed by atoms with Crippen LogP contribution >= 0.6 is 0 Å². The second-order valence-electron chi connectivity index (χ2n) is 2.85. The van der Waals surface area contributed by atoms with Gasteiger partial charge in [-0.25, -0.2) is 0 Å². The highest BCUT2D eigenvalue weighted by molar-refractivity contribution is 5.72. The predicted octanol–water partition coefficient (Wildman–Crippen LogP) is -0.0429. The molecule has 0 aliphatic rings. The molecule has 0 saturated carbocycles. The number of carbonyl (C=O) groups excluding carboxylic acids is 1. The summed E-state index contributed by atoms with van der Waals surface area (Å²) < 4.78 is 0. The van der Waals surface area contributed by atoms with Gasteiger partial charge in [-0.3, -0.25) is 10.5 Å². The van der Waals surface area contributed by atoms with Gasteiger partial charge in [0.25, 0.3) is 0 Å². The molecular weight excluding hydrogens is 158 g/mol. The first-order valence-corrected chi connectivity index (χ1v) is 4.16. The Morgan fingerprint density at radius 3 is 2.00 bits per heavy atom. The van der Waals surface area contributed by atoms with Crippen molar-refractivity contribution in [2.45, 2.75) is 25.7 Å². The molecule has 3 N–H and O–H groups in total. The van der Waals surface area contributed by atoms with E-state index in [-0.39, 0.29) is 25.6 Å². The van der Waals surface area contributed by atoms with Crippen LogP contribution in [-0.2, 0) is 4.79 Å². The molecule has 4 nitrogen and oxygen atoms in total. The Balaban J connectivity index is 3.54. The highest BCUT2D eigenvalue weighted by Gasteiger charge is 2.08. The number of amides is 1. The number of hydrogen-bond acceptors (Lipinski definition) is 3. The van der Waals surface area contributed by atoms with Gasteiger partial charge >= 0.3 is 0 Å². The van der Waals surface area contributed by atoms with Crippen LogP contribution in [0.1, 0.15) is 25.7 Å². The molecule has 0 spiro atoms. The van der Waals surface area contributed by atoms with Crippen LogP contribution in [0.4, 0.5) is 0 Å². The van der Waals surface area contributed by atoms with E-state index in [1.54, 1.807) is 0 Å². The van der Waals surface area contributed by atoms with Gasteiger partial charge in [-0.1, -0.05) is 0 Å². The first kappa shape index (κ1) is 11.4. The molecule has 0 aliphatic carbocycles. The monoisotopic (exact) mass is 174 g/mol. The van der Waals surface area contributed by atoms with Crippen LogP contribution < -0.4 is 5.73 Å². The van der Waals surface area contributed by atoms with Gasteiger partial charge in [0.05, 0.1) is 0 Å². The summed E-state index contributed by atoms with van der Waals surface area (Å²) in [4.78, 5) is 10.3. The minimum atomic E-state index is -0.573. The Bertz CT molecular complexity index is 121. The molecule has 1 amide bonds. The lowest BCUT2D eigenvalue weighted by atomic mass is 9.96. The summed E-state index contributed by atoms with van der Waals surface area (Å²) in [6, 6.07) is 0.